The minimum atomic E-state index is -0.596. The van der Waals surface area contributed by atoms with Gasteiger partial charge in [0, 0.05) is 0 Å². The maximum atomic E-state index is 11.8. The quantitative estimate of drug-likeness (QED) is 0.639. The zero-order valence-electron chi connectivity index (χ0n) is 9.42. The van der Waals surface area contributed by atoms with Crippen molar-refractivity contribution in [2.24, 2.45) is 0 Å². The molecule has 1 amide bonds. The molecule has 0 bridgehead atoms. The number of carbonyl (C=O) groups is 2. The summed E-state index contributed by atoms with van der Waals surface area (Å²) in [6, 6.07) is -0.596. The predicted octanol–water partition coefficient (Wildman–Crippen LogP) is -0.194. The van der Waals surface area contributed by atoms with E-state index in [-0.39, 0.29) is 5.91 Å². The Morgan fingerprint density at radius 1 is 1.53 bits per heavy atom. The summed E-state index contributed by atoms with van der Waals surface area (Å²) < 4.78 is 4.53. The SMILES string of the molecule is COC(=O)C(C)NC(=O)C1(C)CCCN1. The van der Waals surface area contributed by atoms with Crippen LogP contribution in [-0.4, -0.2) is 37.1 Å². The van der Waals surface area contributed by atoms with Crippen molar-refractivity contribution in [2.45, 2.75) is 38.3 Å². The second-order valence-electron chi connectivity index (χ2n) is 4.08. The maximum absolute atomic E-state index is 11.8. The van der Waals surface area contributed by atoms with E-state index >= 15 is 0 Å². The molecular formula is C10H18N2O3. The fraction of sp³-hybridized carbons (Fsp3) is 0.800. The van der Waals surface area contributed by atoms with Gasteiger partial charge in [0.2, 0.25) is 5.91 Å². The van der Waals surface area contributed by atoms with Crippen LogP contribution in [0.15, 0.2) is 0 Å². The first-order valence-corrected chi connectivity index (χ1v) is 5.13. The molecule has 2 N–H and O–H groups in total. The largest absolute Gasteiger partial charge is 0.467 e. The molecule has 86 valence electrons. The van der Waals surface area contributed by atoms with Crippen molar-refractivity contribution in [2.75, 3.05) is 13.7 Å². The Bertz CT molecular complexity index is 259. The van der Waals surface area contributed by atoms with Crippen LogP contribution in [0.4, 0.5) is 0 Å². The van der Waals surface area contributed by atoms with Crippen LogP contribution in [0.3, 0.4) is 0 Å². The summed E-state index contributed by atoms with van der Waals surface area (Å²) in [6.07, 6.45) is 1.78. The zero-order chi connectivity index (χ0) is 11.5. The van der Waals surface area contributed by atoms with Gasteiger partial charge < -0.3 is 15.4 Å². The minimum Gasteiger partial charge on any atom is -0.467 e. The molecule has 5 nitrogen and oxygen atoms in total. The van der Waals surface area contributed by atoms with Gasteiger partial charge in [-0.3, -0.25) is 4.79 Å². The Hall–Kier alpha value is -1.10. The van der Waals surface area contributed by atoms with E-state index in [1.807, 2.05) is 6.92 Å². The standard InChI is InChI=1S/C10H18N2O3/c1-7(8(13)15-3)12-9(14)10(2)5-4-6-11-10/h7,11H,4-6H2,1-3H3,(H,12,14). The van der Waals surface area contributed by atoms with Gasteiger partial charge in [-0.2, -0.15) is 0 Å². The summed E-state index contributed by atoms with van der Waals surface area (Å²) in [7, 11) is 1.31. The van der Waals surface area contributed by atoms with Gasteiger partial charge in [-0.05, 0) is 33.2 Å². The van der Waals surface area contributed by atoms with E-state index in [4.69, 9.17) is 0 Å². The Morgan fingerprint density at radius 3 is 2.67 bits per heavy atom. The molecule has 1 saturated heterocycles. The van der Waals surface area contributed by atoms with Gasteiger partial charge in [0.1, 0.15) is 6.04 Å². The average Bonchev–Trinajstić information content (AvgIpc) is 2.65. The van der Waals surface area contributed by atoms with Crippen molar-refractivity contribution in [3.8, 4) is 0 Å². The van der Waals surface area contributed by atoms with Gasteiger partial charge in [0.25, 0.3) is 0 Å². The van der Waals surface area contributed by atoms with Gasteiger partial charge in [0.15, 0.2) is 0 Å². The third-order valence-corrected chi connectivity index (χ3v) is 2.77. The highest BCUT2D eigenvalue weighted by Crippen LogP contribution is 2.18. The Labute approximate surface area is 89.6 Å². The maximum Gasteiger partial charge on any atom is 0.328 e. The summed E-state index contributed by atoms with van der Waals surface area (Å²) >= 11 is 0. The van der Waals surface area contributed by atoms with E-state index in [0.29, 0.717) is 0 Å². The van der Waals surface area contributed by atoms with Crippen LogP contribution in [0.5, 0.6) is 0 Å². The molecule has 2 atom stereocenters. The Balaban J connectivity index is 2.51. The monoisotopic (exact) mass is 214 g/mol. The van der Waals surface area contributed by atoms with Gasteiger partial charge in [-0.1, -0.05) is 0 Å². The van der Waals surface area contributed by atoms with Crippen LogP contribution in [0.25, 0.3) is 0 Å². The molecule has 0 saturated carbocycles. The van der Waals surface area contributed by atoms with Crippen molar-refractivity contribution >= 4 is 11.9 Å². The van der Waals surface area contributed by atoms with Crippen LogP contribution >= 0.6 is 0 Å². The molecular weight excluding hydrogens is 196 g/mol. The molecule has 1 rings (SSSR count). The first-order chi connectivity index (χ1) is 6.99. The molecule has 0 aliphatic carbocycles. The Morgan fingerprint density at radius 2 is 2.20 bits per heavy atom. The van der Waals surface area contributed by atoms with Crippen molar-refractivity contribution in [3.63, 3.8) is 0 Å². The molecule has 0 spiro atoms. The Kier molecular flexibility index (Phi) is 3.68. The van der Waals surface area contributed by atoms with Crippen molar-refractivity contribution in [1.82, 2.24) is 10.6 Å². The number of hydrogen-bond donors (Lipinski definition) is 2. The predicted molar refractivity (Wildman–Crippen MR) is 55.3 cm³/mol. The fourth-order valence-electron chi connectivity index (χ4n) is 1.68. The van der Waals surface area contributed by atoms with Crippen LogP contribution in [0.2, 0.25) is 0 Å². The lowest BCUT2D eigenvalue weighted by molar-refractivity contribution is -0.145. The molecule has 15 heavy (non-hydrogen) atoms. The third kappa shape index (κ3) is 2.68. The molecule has 1 fully saturated rings. The van der Waals surface area contributed by atoms with E-state index in [0.717, 1.165) is 19.4 Å². The summed E-state index contributed by atoms with van der Waals surface area (Å²) in [5.41, 5.74) is -0.539. The number of rotatable bonds is 3. The number of amides is 1. The number of methoxy groups -OCH3 is 1. The number of esters is 1. The molecule has 0 radical (unpaired) electrons. The first-order valence-electron chi connectivity index (χ1n) is 5.13. The van der Waals surface area contributed by atoms with Crippen LogP contribution < -0.4 is 10.6 Å². The summed E-state index contributed by atoms with van der Waals surface area (Å²) in [5, 5.41) is 5.77. The molecule has 1 heterocycles. The molecule has 5 heteroatoms. The average molecular weight is 214 g/mol. The second kappa shape index (κ2) is 4.61. The van der Waals surface area contributed by atoms with E-state index in [1.165, 1.54) is 7.11 Å². The number of nitrogens with one attached hydrogen (secondary N) is 2. The van der Waals surface area contributed by atoms with E-state index in [1.54, 1.807) is 6.92 Å². The second-order valence-corrected chi connectivity index (χ2v) is 4.08. The topological polar surface area (TPSA) is 67.4 Å². The molecule has 1 aliphatic rings. The van der Waals surface area contributed by atoms with Crippen molar-refractivity contribution in [3.05, 3.63) is 0 Å². The molecule has 0 aromatic rings. The van der Waals surface area contributed by atoms with Crippen LogP contribution in [0.1, 0.15) is 26.7 Å². The van der Waals surface area contributed by atoms with Crippen LogP contribution in [0, 0.1) is 0 Å². The molecule has 0 aromatic carbocycles. The summed E-state index contributed by atoms with van der Waals surface area (Å²) in [4.78, 5) is 22.9. The zero-order valence-corrected chi connectivity index (χ0v) is 9.42. The number of hydrogen-bond acceptors (Lipinski definition) is 4. The molecule has 2 unspecified atom stereocenters. The van der Waals surface area contributed by atoms with Gasteiger partial charge in [0.05, 0.1) is 12.6 Å². The number of carbonyl (C=O) groups excluding carboxylic acids is 2. The third-order valence-electron chi connectivity index (χ3n) is 2.77. The lowest BCUT2D eigenvalue weighted by Gasteiger charge is -2.24. The van der Waals surface area contributed by atoms with E-state index < -0.39 is 17.6 Å². The molecule has 1 aliphatic heterocycles. The smallest absolute Gasteiger partial charge is 0.328 e. The first kappa shape index (κ1) is 12.0. The highest BCUT2D eigenvalue weighted by Gasteiger charge is 2.37. The van der Waals surface area contributed by atoms with Gasteiger partial charge in [-0.15, -0.1) is 0 Å². The van der Waals surface area contributed by atoms with Gasteiger partial charge in [-0.25, -0.2) is 4.79 Å². The lowest BCUT2D eigenvalue weighted by atomic mass is 9.99. The highest BCUT2D eigenvalue weighted by atomic mass is 16.5. The highest BCUT2D eigenvalue weighted by molar-refractivity contribution is 5.90. The van der Waals surface area contributed by atoms with Crippen molar-refractivity contribution in [1.29, 1.82) is 0 Å². The normalized spacial score (nSPS) is 27.1. The van der Waals surface area contributed by atoms with Gasteiger partial charge >= 0.3 is 5.97 Å². The van der Waals surface area contributed by atoms with E-state index in [9.17, 15) is 9.59 Å². The summed E-state index contributed by atoms with van der Waals surface area (Å²) in [6.45, 7) is 4.30. The van der Waals surface area contributed by atoms with Crippen LogP contribution in [-0.2, 0) is 14.3 Å². The van der Waals surface area contributed by atoms with Crippen molar-refractivity contribution < 1.29 is 14.3 Å². The van der Waals surface area contributed by atoms with E-state index in [2.05, 4.69) is 15.4 Å². The summed E-state index contributed by atoms with van der Waals surface area (Å²) in [5.74, 6) is -0.567. The molecule has 0 aromatic heterocycles. The minimum absolute atomic E-state index is 0.141. The lowest BCUT2D eigenvalue weighted by Crippen LogP contribution is -2.54. The fourth-order valence-corrected chi connectivity index (χ4v) is 1.68. The number of ether oxygens (including phenoxy) is 1.